The Kier molecular flexibility index (Phi) is 6.94. The molecule has 1 N–H and O–H groups in total. The van der Waals surface area contributed by atoms with Gasteiger partial charge in [0.05, 0.1) is 7.11 Å². The molecule has 4 nitrogen and oxygen atoms in total. The number of methoxy groups -OCH3 is 1. The number of ether oxygens (including phenoxy) is 3. The Labute approximate surface area is 144 Å². The fourth-order valence-corrected chi connectivity index (χ4v) is 2.53. The largest absolute Gasteiger partial charge is 0.497 e. The zero-order valence-corrected chi connectivity index (χ0v) is 15.0. The number of rotatable bonds is 9. The van der Waals surface area contributed by atoms with Gasteiger partial charge in [0, 0.05) is 18.2 Å². The lowest BCUT2D eigenvalue weighted by Gasteiger charge is -2.14. The lowest BCUT2D eigenvalue weighted by Crippen LogP contribution is -2.14. The molecule has 2 rings (SSSR count). The molecule has 0 atom stereocenters. The van der Waals surface area contributed by atoms with Crippen LogP contribution in [0.5, 0.6) is 17.2 Å². The van der Waals surface area contributed by atoms with Gasteiger partial charge in [-0.15, -0.1) is 0 Å². The molecule has 0 heterocycles. The zero-order chi connectivity index (χ0) is 17.4. The molecule has 4 heteroatoms. The van der Waals surface area contributed by atoms with Gasteiger partial charge in [0.15, 0.2) is 0 Å². The first kappa shape index (κ1) is 18.1. The minimum atomic E-state index is 0.485. The Hall–Kier alpha value is -2.20. The molecule has 2 aromatic carbocycles. The second-order valence-electron chi connectivity index (χ2n) is 5.77. The van der Waals surface area contributed by atoms with E-state index in [4.69, 9.17) is 14.2 Å². The molecule has 0 aliphatic carbocycles. The van der Waals surface area contributed by atoms with E-state index in [1.165, 1.54) is 11.1 Å². The number of aryl methyl sites for hydroxylation is 2. The van der Waals surface area contributed by atoms with Crippen molar-refractivity contribution in [2.45, 2.75) is 27.3 Å². The zero-order valence-electron chi connectivity index (χ0n) is 15.0. The maximum absolute atomic E-state index is 5.91. The summed E-state index contributed by atoms with van der Waals surface area (Å²) in [6.45, 7) is 8.90. The van der Waals surface area contributed by atoms with Gasteiger partial charge in [-0.1, -0.05) is 19.1 Å². The van der Waals surface area contributed by atoms with Crippen LogP contribution in [0.2, 0.25) is 0 Å². The van der Waals surface area contributed by atoms with E-state index in [1.54, 1.807) is 7.11 Å². The molecule has 130 valence electrons. The van der Waals surface area contributed by atoms with E-state index in [9.17, 15) is 0 Å². The van der Waals surface area contributed by atoms with E-state index >= 15 is 0 Å². The molecule has 0 saturated carbocycles. The first-order valence-corrected chi connectivity index (χ1v) is 8.34. The average molecular weight is 329 g/mol. The van der Waals surface area contributed by atoms with Crippen molar-refractivity contribution >= 4 is 0 Å². The highest BCUT2D eigenvalue weighted by Gasteiger charge is 2.06. The van der Waals surface area contributed by atoms with Crippen LogP contribution in [-0.4, -0.2) is 26.9 Å². The number of hydrogen-bond acceptors (Lipinski definition) is 4. The normalized spacial score (nSPS) is 10.5. The van der Waals surface area contributed by atoms with Crippen LogP contribution < -0.4 is 19.5 Å². The van der Waals surface area contributed by atoms with Crippen molar-refractivity contribution in [2.24, 2.45) is 0 Å². The van der Waals surface area contributed by atoms with Crippen molar-refractivity contribution in [1.29, 1.82) is 0 Å². The molecule has 0 saturated heterocycles. The summed E-state index contributed by atoms with van der Waals surface area (Å²) < 4.78 is 17.0. The van der Waals surface area contributed by atoms with E-state index < -0.39 is 0 Å². The minimum Gasteiger partial charge on any atom is -0.497 e. The van der Waals surface area contributed by atoms with Crippen LogP contribution in [0.15, 0.2) is 36.4 Å². The van der Waals surface area contributed by atoms with Crippen LogP contribution in [0.1, 0.15) is 23.6 Å². The quantitative estimate of drug-likeness (QED) is 0.709. The molecule has 0 fully saturated rings. The van der Waals surface area contributed by atoms with Gasteiger partial charge in [-0.3, -0.25) is 0 Å². The fourth-order valence-electron chi connectivity index (χ4n) is 2.53. The highest BCUT2D eigenvalue weighted by Crippen LogP contribution is 2.25. The van der Waals surface area contributed by atoms with E-state index in [0.717, 1.165) is 35.9 Å². The number of hydrogen-bond donors (Lipinski definition) is 1. The maximum Gasteiger partial charge on any atom is 0.127 e. The minimum absolute atomic E-state index is 0.485. The van der Waals surface area contributed by atoms with Crippen molar-refractivity contribution in [2.75, 3.05) is 26.9 Å². The molecule has 0 spiro atoms. The SMILES string of the molecule is CCNCc1ccc(OC)cc1OCCOc1cc(C)cc(C)c1. The van der Waals surface area contributed by atoms with Crippen LogP contribution in [0.25, 0.3) is 0 Å². The molecule has 2 aromatic rings. The fraction of sp³-hybridized carbons (Fsp3) is 0.400. The van der Waals surface area contributed by atoms with E-state index in [-0.39, 0.29) is 0 Å². The Morgan fingerprint density at radius 1 is 0.875 bits per heavy atom. The molecular formula is C20H27NO3. The van der Waals surface area contributed by atoms with E-state index in [2.05, 4.69) is 32.2 Å². The van der Waals surface area contributed by atoms with Gasteiger partial charge in [0.1, 0.15) is 30.5 Å². The number of nitrogens with one attached hydrogen (secondary N) is 1. The third-order valence-electron chi connectivity index (χ3n) is 3.64. The summed E-state index contributed by atoms with van der Waals surface area (Å²) in [6.07, 6.45) is 0. The third-order valence-corrected chi connectivity index (χ3v) is 3.64. The van der Waals surface area contributed by atoms with Crippen LogP contribution in [0.3, 0.4) is 0 Å². The summed E-state index contributed by atoms with van der Waals surface area (Å²) >= 11 is 0. The lowest BCUT2D eigenvalue weighted by molar-refractivity contribution is 0.215. The van der Waals surface area contributed by atoms with Gasteiger partial charge >= 0.3 is 0 Å². The van der Waals surface area contributed by atoms with Crippen LogP contribution in [0.4, 0.5) is 0 Å². The maximum atomic E-state index is 5.91. The molecule has 0 aliphatic heterocycles. The summed E-state index contributed by atoms with van der Waals surface area (Å²) in [6, 6.07) is 12.1. The summed E-state index contributed by atoms with van der Waals surface area (Å²) in [4.78, 5) is 0. The predicted molar refractivity (Wildman–Crippen MR) is 97.3 cm³/mol. The van der Waals surface area contributed by atoms with Crippen LogP contribution >= 0.6 is 0 Å². The summed E-state index contributed by atoms with van der Waals surface area (Å²) in [5.41, 5.74) is 3.52. The Balaban J connectivity index is 1.92. The van der Waals surface area contributed by atoms with Crippen molar-refractivity contribution in [3.8, 4) is 17.2 Å². The molecule has 0 radical (unpaired) electrons. The molecule has 0 amide bonds. The molecule has 0 unspecified atom stereocenters. The van der Waals surface area contributed by atoms with Gasteiger partial charge in [0.25, 0.3) is 0 Å². The topological polar surface area (TPSA) is 39.7 Å². The van der Waals surface area contributed by atoms with E-state index in [0.29, 0.717) is 13.2 Å². The van der Waals surface area contributed by atoms with Crippen molar-refractivity contribution < 1.29 is 14.2 Å². The summed E-state index contributed by atoms with van der Waals surface area (Å²) in [7, 11) is 1.66. The van der Waals surface area contributed by atoms with Gasteiger partial charge in [-0.2, -0.15) is 0 Å². The van der Waals surface area contributed by atoms with Crippen molar-refractivity contribution in [3.05, 3.63) is 53.1 Å². The molecule has 24 heavy (non-hydrogen) atoms. The Morgan fingerprint density at radius 3 is 2.25 bits per heavy atom. The van der Waals surface area contributed by atoms with Gasteiger partial charge in [0.2, 0.25) is 0 Å². The third kappa shape index (κ3) is 5.46. The van der Waals surface area contributed by atoms with Crippen LogP contribution in [-0.2, 0) is 6.54 Å². The summed E-state index contributed by atoms with van der Waals surface area (Å²) in [5, 5.41) is 3.32. The number of benzene rings is 2. The smallest absolute Gasteiger partial charge is 0.127 e. The lowest BCUT2D eigenvalue weighted by atomic mass is 10.1. The van der Waals surface area contributed by atoms with E-state index in [1.807, 2.05) is 30.3 Å². The molecule has 0 aromatic heterocycles. The highest BCUT2D eigenvalue weighted by molar-refractivity contribution is 5.40. The Bertz CT molecular complexity index is 635. The van der Waals surface area contributed by atoms with Crippen molar-refractivity contribution in [3.63, 3.8) is 0 Å². The van der Waals surface area contributed by atoms with Gasteiger partial charge in [-0.05, 0) is 49.7 Å². The second kappa shape index (κ2) is 9.18. The Morgan fingerprint density at radius 2 is 1.58 bits per heavy atom. The first-order valence-electron chi connectivity index (χ1n) is 8.34. The molecular weight excluding hydrogens is 302 g/mol. The standard InChI is InChI=1S/C20H27NO3/c1-5-21-14-17-6-7-18(22-4)13-20(17)24-9-8-23-19-11-15(2)10-16(3)12-19/h6-7,10-13,21H,5,8-9,14H2,1-4H3. The van der Waals surface area contributed by atoms with Crippen molar-refractivity contribution in [1.82, 2.24) is 5.32 Å². The summed E-state index contributed by atoms with van der Waals surface area (Å²) in [5.74, 6) is 2.51. The monoisotopic (exact) mass is 329 g/mol. The molecule has 0 bridgehead atoms. The van der Waals surface area contributed by atoms with Gasteiger partial charge < -0.3 is 19.5 Å². The highest BCUT2D eigenvalue weighted by atomic mass is 16.5. The van der Waals surface area contributed by atoms with Gasteiger partial charge in [-0.25, -0.2) is 0 Å². The predicted octanol–water partition coefficient (Wildman–Crippen LogP) is 3.88. The average Bonchev–Trinajstić information content (AvgIpc) is 2.56. The first-order chi connectivity index (χ1) is 11.6. The van der Waals surface area contributed by atoms with Crippen LogP contribution in [0, 0.1) is 13.8 Å². The second-order valence-corrected chi connectivity index (χ2v) is 5.77. The molecule has 0 aliphatic rings.